The molecule has 0 bridgehead atoms. The molecular weight excluding hydrogens is 370 g/mol. The summed E-state index contributed by atoms with van der Waals surface area (Å²) in [6.07, 6.45) is 7.92. The Labute approximate surface area is 168 Å². The number of nitrogens with one attached hydrogen (secondary N) is 2. The molecule has 3 aromatic rings. The molecule has 1 saturated carbocycles. The van der Waals surface area contributed by atoms with Crippen molar-refractivity contribution < 1.29 is 4.79 Å². The number of carbonyl (C=O) groups is 1. The largest absolute Gasteiger partial charge is 0.381 e. The normalized spacial score (nSPS) is 14.6. The van der Waals surface area contributed by atoms with Crippen LogP contribution in [0.4, 0.5) is 11.4 Å². The Kier molecular flexibility index (Phi) is 5.28. The van der Waals surface area contributed by atoms with E-state index in [0.717, 1.165) is 24.2 Å². The fourth-order valence-electron chi connectivity index (χ4n) is 3.69. The highest BCUT2D eigenvalue weighted by Crippen LogP contribution is 2.26. The highest BCUT2D eigenvalue weighted by Gasteiger charge is 2.19. The zero-order chi connectivity index (χ0) is 20.4. The van der Waals surface area contributed by atoms with Crippen LogP contribution in [0.2, 0.25) is 0 Å². The van der Waals surface area contributed by atoms with Gasteiger partial charge in [0.2, 0.25) is 5.91 Å². The lowest BCUT2D eigenvalue weighted by Crippen LogP contribution is -2.31. The fraction of sp³-hybridized carbons (Fsp3) is 0.450. The molecule has 9 nitrogen and oxygen atoms in total. The average molecular weight is 395 g/mol. The minimum absolute atomic E-state index is 0.130. The summed E-state index contributed by atoms with van der Waals surface area (Å²) in [7, 11) is 0. The van der Waals surface area contributed by atoms with Gasteiger partial charge >= 0.3 is 0 Å². The van der Waals surface area contributed by atoms with E-state index in [1.807, 2.05) is 13.8 Å². The number of hydrogen-bond donors (Lipinski definition) is 2. The van der Waals surface area contributed by atoms with E-state index in [1.165, 1.54) is 17.5 Å². The van der Waals surface area contributed by atoms with Crippen molar-refractivity contribution >= 4 is 22.9 Å². The number of hydrogen-bond acceptors (Lipinski definition) is 6. The van der Waals surface area contributed by atoms with Gasteiger partial charge in [0.1, 0.15) is 12.9 Å². The molecule has 2 N–H and O–H groups in total. The molecule has 4 rings (SSSR count). The first-order valence-corrected chi connectivity index (χ1v) is 9.97. The lowest BCUT2D eigenvalue weighted by atomic mass is 10.1. The lowest BCUT2D eigenvalue weighted by molar-refractivity contribution is -0.117. The fourth-order valence-corrected chi connectivity index (χ4v) is 3.69. The van der Waals surface area contributed by atoms with E-state index in [0.29, 0.717) is 17.4 Å². The van der Waals surface area contributed by atoms with Crippen LogP contribution in [0.1, 0.15) is 51.1 Å². The minimum atomic E-state index is -0.321. The second-order valence-corrected chi connectivity index (χ2v) is 7.78. The van der Waals surface area contributed by atoms with Crippen molar-refractivity contribution in [2.75, 3.05) is 10.6 Å². The monoisotopic (exact) mass is 395 g/mol. The molecule has 0 saturated heterocycles. The number of carbonyl (C=O) groups excluding carboxylic acids is 1. The number of fused-ring (bicyclic) bond motifs is 1. The molecular formula is C20H25N7O2. The summed E-state index contributed by atoms with van der Waals surface area (Å²) in [5.41, 5.74) is 2.58. The SMILES string of the molecule is CC(C)c1nn(CC(=O)Nc2ccc3nncn3c2)c(=O)cc1NC1CCCC1. The van der Waals surface area contributed by atoms with E-state index in [1.54, 1.807) is 35.1 Å². The number of aromatic nitrogens is 5. The quantitative estimate of drug-likeness (QED) is 0.664. The molecule has 3 aromatic heterocycles. The number of nitrogens with zero attached hydrogens (tertiary/aromatic N) is 5. The van der Waals surface area contributed by atoms with E-state index >= 15 is 0 Å². The second kappa shape index (κ2) is 8.02. The molecule has 0 atom stereocenters. The van der Waals surface area contributed by atoms with Crippen molar-refractivity contribution in [1.82, 2.24) is 24.4 Å². The van der Waals surface area contributed by atoms with Crippen molar-refractivity contribution in [3.8, 4) is 0 Å². The van der Waals surface area contributed by atoms with Crippen LogP contribution in [-0.4, -0.2) is 36.3 Å². The maximum Gasteiger partial charge on any atom is 0.269 e. The third-order valence-corrected chi connectivity index (χ3v) is 5.16. The Morgan fingerprint density at radius 1 is 1.28 bits per heavy atom. The van der Waals surface area contributed by atoms with E-state index in [4.69, 9.17) is 0 Å². The Morgan fingerprint density at radius 2 is 2.07 bits per heavy atom. The van der Waals surface area contributed by atoms with Crippen LogP contribution in [-0.2, 0) is 11.3 Å². The van der Waals surface area contributed by atoms with E-state index in [9.17, 15) is 9.59 Å². The summed E-state index contributed by atoms with van der Waals surface area (Å²) < 4.78 is 2.93. The van der Waals surface area contributed by atoms with Crippen LogP contribution in [0, 0.1) is 0 Å². The standard InChI is InChI=1S/C20H25N7O2/c1-13(2)20-16(22-14-5-3-4-6-14)9-19(29)27(25-20)11-18(28)23-15-7-8-17-24-21-12-26(17)10-15/h7-10,12-14,22H,3-6,11H2,1-2H3,(H,23,28). The topological polar surface area (TPSA) is 106 Å². The van der Waals surface area contributed by atoms with Crippen LogP contribution >= 0.6 is 0 Å². The van der Waals surface area contributed by atoms with E-state index < -0.39 is 0 Å². The summed E-state index contributed by atoms with van der Waals surface area (Å²) in [4.78, 5) is 25.1. The highest BCUT2D eigenvalue weighted by molar-refractivity contribution is 5.90. The van der Waals surface area contributed by atoms with Gasteiger partial charge in [0, 0.05) is 18.3 Å². The molecule has 0 unspecified atom stereocenters. The highest BCUT2D eigenvalue weighted by atomic mass is 16.2. The molecule has 3 heterocycles. The van der Waals surface area contributed by atoms with Gasteiger partial charge in [-0.15, -0.1) is 10.2 Å². The van der Waals surface area contributed by atoms with Gasteiger partial charge in [0.15, 0.2) is 5.65 Å². The Balaban J connectivity index is 1.51. The first-order chi connectivity index (χ1) is 14.0. The van der Waals surface area contributed by atoms with Crippen LogP contribution in [0.15, 0.2) is 35.5 Å². The van der Waals surface area contributed by atoms with Gasteiger partial charge in [-0.2, -0.15) is 5.10 Å². The van der Waals surface area contributed by atoms with Crippen molar-refractivity contribution in [3.05, 3.63) is 46.8 Å². The van der Waals surface area contributed by atoms with Crippen LogP contribution < -0.4 is 16.2 Å². The van der Waals surface area contributed by atoms with E-state index in [2.05, 4.69) is 25.9 Å². The Bertz CT molecular complexity index is 1080. The molecule has 9 heteroatoms. The van der Waals surface area contributed by atoms with Crippen molar-refractivity contribution in [2.45, 2.75) is 58.0 Å². The van der Waals surface area contributed by atoms with E-state index in [-0.39, 0.29) is 23.9 Å². The van der Waals surface area contributed by atoms with Gasteiger partial charge in [-0.25, -0.2) is 4.68 Å². The zero-order valence-electron chi connectivity index (χ0n) is 16.6. The summed E-state index contributed by atoms with van der Waals surface area (Å²) in [6.45, 7) is 3.92. The Morgan fingerprint density at radius 3 is 2.83 bits per heavy atom. The maximum atomic E-state index is 12.6. The molecule has 152 valence electrons. The predicted octanol–water partition coefficient (Wildman–Crippen LogP) is 2.40. The van der Waals surface area contributed by atoms with Crippen molar-refractivity contribution in [1.29, 1.82) is 0 Å². The summed E-state index contributed by atoms with van der Waals surface area (Å²) >= 11 is 0. The van der Waals surface area contributed by atoms with Crippen LogP contribution in [0.5, 0.6) is 0 Å². The number of amides is 1. The molecule has 0 aromatic carbocycles. The lowest BCUT2D eigenvalue weighted by Gasteiger charge is -2.19. The van der Waals surface area contributed by atoms with Crippen LogP contribution in [0.3, 0.4) is 0 Å². The zero-order valence-corrected chi connectivity index (χ0v) is 16.6. The van der Waals surface area contributed by atoms with Gasteiger partial charge in [0.25, 0.3) is 5.56 Å². The first kappa shape index (κ1) is 19.1. The van der Waals surface area contributed by atoms with Crippen molar-refractivity contribution in [2.24, 2.45) is 0 Å². The molecule has 0 spiro atoms. The minimum Gasteiger partial charge on any atom is -0.381 e. The molecule has 29 heavy (non-hydrogen) atoms. The molecule has 1 amide bonds. The maximum absolute atomic E-state index is 12.6. The third kappa shape index (κ3) is 4.28. The molecule has 0 aliphatic heterocycles. The van der Waals surface area contributed by atoms with Crippen LogP contribution in [0.25, 0.3) is 5.65 Å². The third-order valence-electron chi connectivity index (χ3n) is 5.16. The van der Waals surface area contributed by atoms with Gasteiger partial charge in [-0.05, 0) is 30.9 Å². The smallest absolute Gasteiger partial charge is 0.269 e. The first-order valence-electron chi connectivity index (χ1n) is 9.97. The number of pyridine rings is 1. The Hall–Kier alpha value is -3.23. The molecule has 1 aliphatic carbocycles. The summed E-state index contributed by atoms with van der Waals surface area (Å²) in [6, 6.07) is 5.46. The molecule has 1 fully saturated rings. The van der Waals surface area contributed by atoms with Gasteiger partial charge < -0.3 is 10.6 Å². The number of rotatable bonds is 6. The predicted molar refractivity (Wildman–Crippen MR) is 110 cm³/mol. The van der Waals surface area contributed by atoms with Gasteiger partial charge in [-0.1, -0.05) is 26.7 Å². The van der Waals surface area contributed by atoms with Gasteiger partial charge in [0.05, 0.1) is 17.1 Å². The van der Waals surface area contributed by atoms with Gasteiger partial charge in [-0.3, -0.25) is 14.0 Å². The average Bonchev–Trinajstić information content (AvgIpc) is 3.34. The second-order valence-electron chi connectivity index (χ2n) is 7.78. The summed E-state index contributed by atoms with van der Waals surface area (Å²) in [5.74, 6) is -0.191. The number of anilines is 2. The molecule has 0 radical (unpaired) electrons. The summed E-state index contributed by atoms with van der Waals surface area (Å²) in [5, 5.41) is 18.5. The molecule has 1 aliphatic rings. The van der Waals surface area contributed by atoms with Crippen molar-refractivity contribution in [3.63, 3.8) is 0 Å².